The lowest BCUT2D eigenvalue weighted by molar-refractivity contribution is -0.138. The van der Waals surface area contributed by atoms with Gasteiger partial charge in [-0.15, -0.1) is 24.8 Å². The molecule has 5 nitrogen and oxygen atoms in total. The number of carbonyl (C=O) groups excluding carboxylic acids is 1. The van der Waals surface area contributed by atoms with Crippen molar-refractivity contribution in [2.24, 2.45) is 23.5 Å². The number of rotatable bonds is 4. The highest BCUT2D eigenvalue weighted by Crippen LogP contribution is 2.33. The second kappa shape index (κ2) is 10.8. The maximum atomic E-state index is 12.7. The molecule has 1 saturated carbocycles. The van der Waals surface area contributed by atoms with Crippen molar-refractivity contribution in [1.82, 2.24) is 9.80 Å². The molecule has 2 N–H and O–H groups in total. The largest absolute Gasteiger partial charge is 0.379 e. The molecule has 2 heterocycles. The summed E-state index contributed by atoms with van der Waals surface area (Å²) in [5.41, 5.74) is 5.83. The number of halogens is 2. The van der Waals surface area contributed by atoms with Gasteiger partial charge in [-0.3, -0.25) is 9.69 Å². The van der Waals surface area contributed by atoms with Crippen LogP contribution in [0.25, 0.3) is 0 Å². The molecule has 7 heteroatoms. The summed E-state index contributed by atoms with van der Waals surface area (Å²) in [6.45, 7) is 7.63. The Hall–Kier alpha value is -0.0700. The minimum absolute atomic E-state index is 0. The molecular weight excluding hydrogens is 349 g/mol. The van der Waals surface area contributed by atoms with E-state index in [9.17, 15) is 4.79 Å². The molecule has 1 aliphatic carbocycles. The molecule has 24 heavy (non-hydrogen) atoms. The second-order valence-electron chi connectivity index (χ2n) is 7.21. The first-order chi connectivity index (χ1) is 10.8. The molecule has 2 saturated heterocycles. The SMILES string of the molecule is Cl.Cl.NC[C@H]1CCC[C@H]1C(=O)N1CCC(CN2CCOCC2)CC1. The number of ether oxygens (including phenoxy) is 1. The average molecular weight is 382 g/mol. The Morgan fingerprint density at radius 1 is 1.00 bits per heavy atom. The molecule has 3 fully saturated rings. The molecule has 0 aromatic carbocycles. The first-order valence-corrected chi connectivity index (χ1v) is 9.07. The molecule has 0 aromatic heterocycles. The molecular formula is C17H33Cl2N3O2. The summed E-state index contributed by atoms with van der Waals surface area (Å²) >= 11 is 0. The zero-order chi connectivity index (χ0) is 15.4. The summed E-state index contributed by atoms with van der Waals surface area (Å²) in [7, 11) is 0. The van der Waals surface area contributed by atoms with Crippen molar-refractivity contribution >= 4 is 30.7 Å². The molecule has 2 aliphatic heterocycles. The van der Waals surface area contributed by atoms with Crippen molar-refractivity contribution in [2.45, 2.75) is 32.1 Å². The topological polar surface area (TPSA) is 58.8 Å². The summed E-state index contributed by atoms with van der Waals surface area (Å²) in [5, 5.41) is 0. The van der Waals surface area contributed by atoms with Gasteiger partial charge in [0.05, 0.1) is 13.2 Å². The summed E-state index contributed by atoms with van der Waals surface area (Å²) < 4.78 is 5.41. The van der Waals surface area contributed by atoms with Gasteiger partial charge < -0.3 is 15.4 Å². The highest BCUT2D eigenvalue weighted by molar-refractivity contribution is 5.85. The van der Waals surface area contributed by atoms with E-state index in [0.29, 0.717) is 18.4 Å². The second-order valence-corrected chi connectivity index (χ2v) is 7.21. The highest BCUT2D eigenvalue weighted by atomic mass is 35.5. The quantitative estimate of drug-likeness (QED) is 0.805. The van der Waals surface area contributed by atoms with Crippen molar-refractivity contribution < 1.29 is 9.53 Å². The molecule has 0 bridgehead atoms. The number of morpholine rings is 1. The number of hydrogen-bond acceptors (Lipinski definition) is 4. The van der Waals surface area contributed by atoms with E-state index in [1.165, 1.54) is 13.0 Å². The maximum absolute atomic E-state index is 12.7. The monoisotopic (exact) mass is 381 g/mol. The van der Waals surface area contributed by atoms with Crippen LogP contribution < -0.4 is 5.73 Å². The van der Waals surface area contributed by atoms with Crippen LogP contribution in [0.3, 0.4) is 0 Å². The van der Waals surface area contributed by atoms with Crippen molar-refractivity contribution in [2.75, 3.05) is 52.5 Å². The molecule has 0 radical (unpaired) electrons. The van der Waals surface area contributed by atoms with E-state index in [1.807, 2.05) is 0 Å². The average Bonchev–Trinajstić information content (AvgIpc) is 3.04. The van der Waals surface area contributed by atoms with Gasteiger partial charge in [0, 0.05) is 38.6 Å². The Bertz CT molecular complexity index is 373. The van der Waals surface area contributed by atoms with E-state index in [1.54, 1.807) is 0 Å². The first kappa shape index (κ1) is 22.0. The summed E-state index contributed by atoms with van der Waals surface area (Å²) in [6, 6.07) is 0. The van der Waals surface area contributed by atoms with E-state index in [0.717, 1.165) is 71.0 Å². The summed E-state index contributed by atoms with van der Waals surface area (Å²) in [4.78, 5) is 17.4. The Balaban J connectivity index is 0.00000144. The van der Waals surface area contributed by atoms with Crippen LogP contribution in [-0.4, -0.2) is 68.2 Å². The van der Waals surface area contributed by atoms with Gasteiger partial charge in [-0.1, -0.05) is 6.42 Å². The van der Waals surface area contributed by atoms with Gasteiger partial charge in [-0.25, -0.2) is 0 Å². The van der Waals surface area contributed by atoms with Crippen molar-refractivity contribution in [3.8, 4) is 0 Å². The first-order valence-electron chi connectivity index (χ1n) is 9.07. The van der Waals surface area contributed by atoms with Crippen LogP contribution in [0.2, 0.25) is 0 Å². The Labute approximate surface area is 158 Å². The standard InChI is InChI=1S/C17H31N3O2.2ClH/c18-12-15-2-1-3-16(15)17(21)20-6-4-14(5-7-20)13-19-8-10-22-11-9-19;;/h14-16H,1-13,18H2;2*1H/t15-,16-;;/m1../s1. The summed E-state index contributed by atoms with van der Waals surface area (Å²) in [6.07, 6.45) is 5.67. The Morgan fingerprint density at radius 3 is 2.29 bits per heavy atom. The molecule has 0 spiro atoms. The minimum atomic E-state index is 0. The van der Waals surface area contributed by atoms with Gasteiger partial charge in [0.15, 0.2) is 0 Å². The number of amides is 1. The van der Waals surface area contributed by atoms with E-state index >= 15 is 0 Å². The van der Waals surface area contributed by atoms with Gasteiger partial charge in [-0.2, -0.15) is 0 Å². The molecule has 3 rings (SSSR count). The van der Waals surface area contributed by atoms with Crippen molar-refractivity contribution in [3.63, 3.8) is 0 Å². The number of carbonyl (C=O) groups is 1. The molecule has 0 unspecified atom stereocenters. The fourth-order valence-electron chi connectivity index (χ4n) is 4.36. The Morgan fingerprint density at radius 2 is 1.67 bits per heavy atom. The van der Waals surface area contributed by atoms with E-state index in [4.69, 9.17) is 10.5 Å². The number of nitrogens with zero attached hydrogens (tertiary/aromatic N) is 2. The third kappa shape index (κ3) is 5.46. The van der Waals surface area contributed by atoms with Gasteiger partial charge in [0.1, 0.15) is 0 Å². The fraction of sp³-hybridized carbons (Fsp3) is 0.941. The van der Waals surface area contributed by atoms with E-state index in [-0.39, 0.29) is 30.7 Å². The third-order valence-electron chi connectivity index (χ3n) is 5.83. The molecule has 142 valence electrons. The number of nitrogens with two attached hydrogens (primary N) is 1. The lowest BCUT2D eigenvalue weighted by Gasteiger charge is -2.37. The van der Waals surface area contributed by atoms with Gasteiger partial charge in [0.25, 0.3) is 0 Å². The lowest BCUT2D eigenvalue weighted by Crippen LogP contribution is -2.46. The molecule has 3 aliphatic rings. The maximum Gasteiger partial charge on any atom is 0.226 e. The van der Waals surface area contributed by atoms with Crippen LogP contribution in [-0.2, 0) is 9.53 Å². The van der Waals surface area contributed by atoms with Crippen LogP contribution in [0.15, 0.2) is 0 Å². The summed E-state index contributed by atoms with van der Waals surface area (Å²) in [5.74, 6) is 1.77. The lowest BCUT2D eigenvalue weighted by atomic mass is 9.91. The van der Waals surface area contributed by atoms with Crippen molar-refractivity contribution in [1.29, 1.82) is 0 Å². The fourth-order valence-corrected chi connectivity index (χ4v) is 4.36. The van der Waals surface area contributed by atoms with Gasteiger partial charge in [-0.05, 0) is 44.1 Å². The van der Waals surface area contributed by atoms with E-state index < -0.39 is 0 Å². The number of likely N-dealkylation sites (tertiary alicyclic amines) is 1. The van der Waals surface area contributed by atoms with Crippen LogP contribution in [0.5, 0.6) is 0 Å². The van der Waals surface area contributed by atoms with Gasteiger partial charge in [0.2, 0.25) is 5.91 Å². The molecule has 2 atom stereocenters. The normalized spacial score (nSPS) is 29.0. The zero-order valence-corrected chi connectivity index (χ0v) is 16.2. The zero-order valence-electron chi connectivity index (χ0n) is 14.5. The number of hydrogen-bond donors (Lipinski definition) is 1. The molecule has 1 amide bonds. The van der Waals surface area contributed by atoms with Crippen LogP contribution in [0, 0.1) is 17.8 Å². The number of piperidine rings is 1. The van der Waals surface area contributed by atoms with Gasteiger partial charge >= 0.3 is 0 Å². The smallest absolute Gasteiger partial charge is 0.226 e. The van der Waals surface area contributed by atoms with Crippen LogP contribution >= 0.6 is 24.8 Å². The Kier molecular flexibility index (Phi) is 9.90. The predicted octanol–water partition coefficient (Wildman–Crippen LogP) is 1.78. The predicted molar refractivity (Wildman–Crippen MR) is 101 cm³/mol. The van der Waals surface area contributed by atoms with Crippen LogP contribution in [0.1, 0.15) is 32.1 Å². The third-order valence-corrected chi connectivity index (χ3v) is 5.83. The van der Waals surface area contributed by atoms with E-state index in [2.05, 4.69) is 9.80 Å². The highest BCUT2D eigenvalue weighted by Gasteiger charge is 2.36. The van der Waals surface area contributed by atoms with Crippen LogP contribution in [0.4, 0.5) is 0 Å². The molecule has 0 aromatic rings. The minimum Gasteiger partial charge on any atom is -0.379 e. The van der Waals surface area contributed by atoms with Crippen molar-refractivity contribution in [3.05, 3.63) is 0 Å².